The molecule has 1 saturated carbocycles. The van der Waals surface area contributed by atoms with Crippen LogP contribution in [0, 0.1) is 5.92 Å². The van der Waals surface area contributed by atoms with Gasteiger partial charge in [-0.05, 0) is 43.7 Å². The molecule has 2 N–H and O–H groups in total. The number of nitrogens with two attached hydrogens (primary N) is 1. The maximum atomic E-state index is 5.57. The van der Waals surface area contributed by atoms with E-state index in [2.05, 4.69) is 29.9 Å². The van der Waals surface area contributed by atoms with Gasteiger partial charge in [-0.3, -0.25) is 4.98 Å². The van der Waals surface area contributed by atoms with Crippen LogP contribution in [0.2, 0.25) is 0 Å². The molecule has 0 unspecified atom stereocenters. The van der Waals surface area contributed by atoms with Crippen molar-refractivity contribution in [1.82, 2.24) is 4.98 Å². The van der Waals surface area contributed by atoms with E-state index < -0.39 is 0 Å². The van der Waals surface area contributed by atoms with Crippen molar-refractivity contribution in [2.24, 2.45) is 11.7 Å². The third kappa shape index (κ3) is 3.02. The topological polar surface area (TPSA) is 42.1 Å². The molecule has 1 fully saturated rings. The van der Waals surface area contributed by atoms with Crippen LogP contribution in [-0.4, -0.2) is 18.1 Å². The summed E-state index contributed by atoms with van der Waals surface area (Å²) in [7, 11) is 2.19. The van der Waals surface area contributed by atoms with Crippen LogP contribution < -0.4 is 10.6 Å². The first-order chi connectivity index (χ1) is 8.74. The van der Waals surface area contributed by atoms with E-state index in [1.807, 2.05) is 12.3 Å². The predicted molar refractivity (Wildman–Crippen MR) is 76.6 cm³/mol. The summed E-state index contributed by atoms with van der Waals surface area (Å²) in [4.78, 5) is 6.77. The second-order valence-corrected chi connectivity index (χ2v) is 5.41. The van der Waals surface area contributed by atoms with Crippen LogP contribution in [0.25, 0.3) is 0 Å². The monoisotopic (exact) mass is 247 g/mol. The molecule has 0 atom stereocenters. The zero-order valence-electron chi connectivity index (χ0n) is 11.6. The third-order valence-electron chi connectivity index (χ3n) is 4.37. The first-order valence-electron chi connectivity index (χ1n) is 7.12. The minimum atomic E-state index is 0.519. The SMILES string of the molecule is CCC1CCC(N(C)c2ccc(CN)nc2)CC1. The van der Waals surface area contributed by atoms with Gasteiger partial charge in [-0.25, -0.2) is 0 Å². The van der Waals surface area contributed by atoms with E-state index in [1.165, 1.54) is 37.8 Å². The molecular formula is C15H25N3. The molecule has 1 aliphatic rings. The van der Waals surface area contributed by atoms with Crippen molar-refractivity contribution in [3.8, 4) is 0 Å². The Labute approximate surface area is 110 Å². The highest BCUT2D eigenvalue weighted by Crippen LogP contribution is 2.30. The van der Waals surface area contributed by atoms with Gasteiger partial charge in [-0.1, -0.05) is 13.3 Å². The molecule has 0 radical (unpaired) electrons. The lowest BCUT2D eigenvalue weighted by Gasteiger charge is -2.35. The molecule has 2 rings (SSSR count). The fourth-order valence-corrected chi connectivity index (χ4v) is 2.90. The van der Waals surface area contributed by atoms with E-state index in [0.717, 1.165) is 11.6 Å². The molecule has 3 heteroatoms. The predicted octanol–water partition coefficient (Wildman–Crippen LogP) is 2.95. The average molecular weight is 247 g/mol. The molecule has 1 aliphatic carbocycles. The molecular weight excluding hydrogens is 222 g/mol. The normalized spacial score (nSPS) is 23.9. The Morgan fingerprint density at radius 1 is 1.28 bits per heavy atom. The van der Waals surface area contributed by atoms with Crippen molar-refractivity contribution >= 4 is 5.69 Å². The van der Waals surface area contributed by atoms with Crippen LogP contribution in [0.4, 0.5) is 5.69 Å². The van der Waals surface area contributed by atoms with Crippen molar-refractivity contribution in [2.75, 3.05) is 11.9 Å². The summed E-state index contributed by atoms with van der Waals surface area (Å²) < 4.78 is 0. The van der Waals surface area contributed by atoms with Crippen LogP contribution in [0.15, 0.2) is 18.3 Å². The Morgan fingerprint density at radius 3 is 2.50 bits per heavy atom. The summed E-state index contributed by atoms with van der Waals surface area (Å²) in [5, 5.41) is 0. The summed E-state index contributed by atoms with van der Waals surface area (Å²) in [6.45, 7) is 2.83. The number of anilines is 1. The second kappa shape index (κ2) is 6.19. The zero-order valence-corrected chi connectivity index (χ0v) is 11.6. The molecule has 3 nitrogen and oxygen atoms in total. The Hall–Kier alpha value is -1.09. The van der Waals surface area contributed by atoms with E-state index in [0.29, 0.717) is 12.6 Å². The molecule has 1 aromatic heterocycles. The molecule has 18 heavy (non-hydrogen) atoms. The average Bonchev–Trinajstić information content (AvgIpc) is 2.47. The van der Waals surface area contributed by atoms with Crippen LogP contribution in [-0.2, 0) is 6.54 Å². The van der Waals surface area contributed by atoms with Gasteiger partial charge in [0.1, 0.15) is 0 Å². The Kier molecular flexibility index (Phi) is 4.59. The first-order valence-corrected chi connectivity index (χ1v) is 7.12. The number of nitrogens with zero attached hydrogens (tertiary/aromatic N) is 2. The summed E-state index contributed by atoms with van der Waals surface area (Å²) in [6.07, 6.45) is 8.66. The molecule has 0 saturated heterocycles. The van der Waals surface area contributed by atoms with Gasteiger partial charge in [0.15, 0.2) is 0 Å². The lowest BCUT2D eigenvalue weighted by atomic mass is 9.84. The number of pyridine rings is 1. The summed E-state index contributed by atoms with van der Waals surface area (Å²) in [5.41, 5.74) is 7.75. The lowest BCUT2D eigenvalue weighted by molar-refractivity contribution is 0.313. The minimum absolute atomic E-state index is 0.519. The zero-order chi connectivity index (χ0) is 13.0. The smallest absolute Gasteiger partial charge is 0.0552 e. The van der Waals surface area contributed by atoms with Crippen molar-refractivity contribution in [1.29, 1.82) is 0 Å². The fourth-order valence-electron chi connectivity index (χ4n) is 2.90. The van der Waals surface area contributed by atoms with Crippen LogP contribution in [0.3, 0.4) is 0 Å². The van der Waals surface area contributed by atoms with Gasteiger partial charge in [-0.2, -0.15) is 0 Å². The van der Waals surface area contributed by atoms with E-state index in [9.17, 15) is 0 Å². The van der Waals surface area contributed by atoms with Gasteiger partial charge in [0.2, 0.25) is 0 Å². The number of hydrogen-bond donors (Lipinski definition) is 1. The molecule has 1 heterocycles. The Balaban J connectivity index is 1.96. The maximum absolute atomic E-state index is 5.57. The molecule has 0 amide bonds. The molecule has 0 bridgehead atoms. The van der Waals surface area contributed by atoms with E-state index in [-0.39, 0.29) is 0 Å². The van der Waals surface area contributed by atoms with Gasteiger partial charge in [-0.15, -0.1) is 0 Å². The van der Waals surface area contributed by atoms with Crippen molar-refractivity contribution < 1.29 is 0 Å². The lowest BCUT2D eigenvalue weighted by Crippen LogP contribution is -2.35. The standard InChI is InChI=1S/C15H25N3/c1-3-12-4-7-14(8-5-12)18(2)15-9-6-13(10-16)17-11-15/h6,9,11-12,14H,3-5,7-8,10,16H2,1-2H3. The fraction of sp³-hybridized carbons (Fsp3) is 0.667. The summed E-state index contributed by atoms with van der Waals surface area (Å²) >= 11 is 0. The maximum Gasteiger partial charge on any atom is 0.0552 e. The highest BCUT2D eigenvalue weighted by Gasteiger charge is 2.23. The number of rotatable bonds is 4. The van der Waals surface area contributed by atoms with E-state index in [4.69, 9.17) is 5.73 Å². The van der Waals surface area contributed by atoms with Gasteiger partial charge in [0.25, 0.3) is 0 Å². The van der Waals surface area contributed by atoms with Crippen LogP contribution in [0.5, 0.6) is 0 Å². The largest absolute Gasteiger partial charge is 0.370 e. The summed E-state index contributed by atoms with van der Waals surface area (Å²) in [5.74, 6) is 0.951. The van der Waals surface area contributed by atoms with Crippen molar-refractivity contribution in [2.45, 2.75) is 51.6 Å². The van der Waals surface area contributed by atoms with Gasteiger partial charge in [0.05, 0.1) is 17.6 Å². The quantitative estimate of drug-likeness (QED) is 0.889. The first kappa shape index (κ1) is 13.3. The van der Waals surface area contributed by atoms with E-state index >= 15 is 0 Å². The Bertz CT molecular complexity index is 353. The minimum Gasteiger partial charge on any atom is -0.370 e. The number of aromatic nitrogens is 1. The van der Waals surface area contributed by atoms with Crippen molar-refractivity contribution in [3.05, 3.63) is 24.0 Å². The highest BCUT2D eigenvalue weighted by molar-refractivity contribution is 5.44. The molecule has 0 aliphatic heterocycles. The molecule has 1 aromatic rings. The third-order valence-corrected chi connectivity index (χ3v) is 4.37. The van der Waals surface area contributed by atoms with Gasteiger partial charge >= 0.3 is 0 Å². The van der Waals surface area contributed by atoms with Crippen LogP contribution in [0.1, 0.15) is 44.7 Å². The number of hydrogen-bond acceptors (Lipinski definition) is 3. The summed E-state index contributed by atoms with van der Waals surface area (Å²) in [6, 6.07) is 4.85. The van der Waals surface area contributed by atoms with Crippen molar-refractivity contribution in [3.63, 3.8) is 0 Å². The van der Waals surface area contributed by atoms with Gasteiger partial charge < -0.3 is 10.6 Å². The van der Waals surface area contributed by atoms with E-state index in [1.54, 1.807) is 0 Å². The van der Waals surface area contributed by atoms with Gasteiger partial charge in [0, 0.05) is 19.6 Å². The highest BCUT2D eigenvalue weighted by atomic mass is 15.1. The second-order valence-electron chi connectivity index (χ2n) is 5.41. The Morgan fingerprint density at radius 2 is 2.00 bits per heavy atom. The molecule has 100 valence electrons. The van der Waals surface area contributed by atoms with Crippen LogP contribution >= 0.6 is 0 Å². The molecule has 0 spiro atoms. The molecule has 0 aromatic carbocycles.